The van der Waals surface area contributed by atoms with Crippen LogP contribution in [0.15, 0.2) is 134 Å². The predicted octanol–water partition coefficient (Wildman–Crippen LogP) is 23.7. The molecule has 0 spiro atoms. The zero-order chi connectivity index (χ0) is 57.6. The molecule has 0 rings (SSSR count). The van der Waals surface area contributed by atoms with E-state index in [2.05, 4.69) is 141 Å². The van der Waals surface area contributed by atoms with Crippen LogP contribution in [0.3, 0.4) is 0 Å². The molecule has 1 amide bonds. The molecule has 0 aromatic carbocycles. The lowest BCUT2D eigenvalue weighted by atomic mass is 10.0. The van der Waals surface area contributed by atoms with E-state index >= 15 is 0 Å². The minimum Gasteiger partial charge on any atom is -0.394 e. The molecular formula is C76H131NO3. The third kappa shape index (κ3) is 65.3. The summed E-state index contributed by atoms with van der Waals surface area (Å²) in [4.78, 5) is 12.5. The molecule has 458 valence electrons. The Hall–Kier alpha value is -3.47. The monoisotopic (exact) mass is 1110 g/mol. The van der Waals surface area contributed by atoms with E-state index in [1.54, 1.807) is 6.08 Å². The van der Waals surface area contributed by atoms with Crippen molar-refractivity contribution in [2.24, 2.45) is 0 Å². The van der Waals surface area contributed by atoms with Crippen molar-refractivity contribution in [3.05, 3.63) is 134 Å². The number of hydrogen-bond donors (Lipinski definition) is 3. The molecule has 3 N–H and O–H groups in total. The average Bonchev–Trinajstić information content (AvgIpc) is 3.46. The van der Waals surface area contributed by atoms with Gasteiger partial charge in [-0.15, -0.1) is 0 Å². The van der Waals surface area contributed by atoms with E-state index in [0.717, 1.165) is 89.9 Å². The van der Waals surface area contributed by atoms with Gasteiger partial charge in [0.15, 0.2) is 0 Å². The Morgan fingerprint density at radius 2 is 0.562 bits per heavy atom. The molecule has 0 aliphatic carbocycles. The molecule has 4 heteroatoms. The first-order valence-electron chi connectivity index (χ1n) is 34.4. The second-order valence-corrected chi connectivity index (χ2v) is 22.8. The van der Waals surface area contributed by atoms with Gasteiger partial charge in [0.25, 0.3) is 0 Å². The molecule has 0 radical (unpaired) electrons. The Balaban J connectivity index is 3.58. The molecular weight excluding hydrogens is 975 g/mol. The van der Waals surface area contributed by atoms with Gasteiger partial charge in [0.2, 0.25) is 5.91 Å². The molecule has 0 saturated heterocycles. The zero-order valence-electron chi connectivity index (χ0n) is 52.8. The number of allylic oxidation sites excluding steroid dienone is 21. The van der Waals surface area contributed by atoms with Crippen LogP contribution in [0.25, 0.3) is 0 Å². The second kappa shape index (κ2) is 69.8. The number of aliphatic hydroxyl groups excluding tert-OH is 2. The largest absolute Gasteiger partial charge is 0.394 e. The summed E-state index contributed by atoms with van der Waals surface area (Å²) in [6.45, 7) is 4.20. The first-order valence-corrected chi connectivity index (χ1v) is 34.4. The molecule has 2 unspecified atom stereocenters. The summed E-state index contributed by atoms with van der Waals surface area (Å²) < 4.78 is 0. The molecule has 0 fully saturated rings. The second-order valence-electron chi connectivity index (χ2n) is 22.8. The predicted molar refractivity (Wildman–Crippen MR) is 359 cm³/mol. The highest BCUT2D eigenvalue weighted by molar-refractivity contribution is 5.76. The first-order chi connectivity index (χ1) is 39.7. The van der Waals surface area contributed by atoms with E-state index in [4.69, 9.17) is 0 Å². The molecule has 0 aliphatic rings. The van der Waals surface area contributed by atoms with Crippen molar-refractivity contribution in [3.63, 3.8) is 0 Å². The third-order valence-corrected chi connectivity index (χ3v) is 15.1. The Morgan fingerprint density at radius 1 is 0.312 bits per heavy atom. The summed E-state index contributed by atoms with van der Waals surface area (Å²) in [5.41, 5.74) is 0. The molecule has 0 aliphatic heterocycles. The third-order valence-electron chi connectivity index (χ3n) is 15.1. The van der Waals surface area contributed by atoms with Crippen LogP contribution in [0.2, 0.25) is 0 Å². The van der Waals surface area contributed by atoms with Gasteiger partial charge < -0.3 is 15.5 Å². The van der Waals surface area contributed by atoms with Crippen LogP contribution in [0.1, 0.15) is 322 Å². The number of hydrogen-bond acceptors (Lipinski definition) is 3. The van der Waals surface area contributed by atoms with Gasteiger partial charge >= 0.3 is 0 Å². The van der Waals surface area contributed by atoms with Gasteiger partial charge in [0, 0.05) is 6.42 Å². The summed E-state index contributed by atoms with van der Waals surface area (Å²) in [6.07, 6.45) is 108. The fourth-order valence-electron chi connectivity index (χ4n) is 9.94. The lowest BCUT2D eigenvalue weighted by Crippen LogP contribution is -2.45. The number of carbonyl (C=O) groups is 1. The highest BCUT2D eigenvalue weighted by Crippen LogP contribution is 2.17. The van der Waals surface area contributed by atoms with Gasteiger partial charge in [-0.25, -0.2) is 0 Å². The van der Waals surface area contributed by atoms with Crippen molar-refractivity contribution < 1.29 is 15.0 Å². The van der Waals surface area contributed by atoms with Gasteiger partial charge in [-0.1, -0.05) is 340 Å². The Morgan fingerprint density at radius 3 is 0.875 bits per heavy atom. The minimum atomic E-state index is -0.881. The van der Waals surface area contributed by atoms with Gasteiger partial charge in [-0.05, 0) is 109 Å². The van der Waals surface area contributed by atoms with E-state index in [-0.39, 0.29) is 12.5 Å². The summed E-state index contributed by atoms with van der Waals surface area (Å²) in [6, 6.07) is -0.657. The van der Waals surface area contributed by atoms with E-state index < -0.39 is 12.1 Å². The van der Waals surface area contributed by atoms with Crippen molar-refractivity contribution in [1.82, 2.24) is 5.32 Å². The fraction of sp³-hybridized carbons (Fsp3) is 0.697. The van der Waals surface area contributed by atoms with Crippen LogP contribution in [0.4, 0.5) is 0 Å². The Labute approximate surface area is 498 Å². The minimum absolute atomic E-state index is 0.0824. The van der Waals surface area contributed by atoms with E-state index in [1.165, 1.54) is 212 Å². The van der Waals surface area contributed by atoms with Crippen LogP contribution in [0, 0.1) is 0 Å². The van der Waals surface area contributed by atoms with E-state index in [9.17, 15) is 15.0 Å². The zero-order valence-corrected chi connectivity index (χ0v) is 52.8. The first kappa shape index (κ1) is 76.5. The van der Waals surface area contributed by atoms with Crippen molar-refractivity contribution >= 4 is 5.91 Å². The smallest absolute Gasteiger partial charge is 0.220 e. The highest BCUT2D eigenvalue weighted by Gasteiger charge is 2.18. The molecule has 4 nitrogen and oxygen atoms in total. The van der Waals surface area contributed by atoms with Crippen LogP contribution < -0.4 is 5.32 Å². The molecule has 0 aromatic rings. The number of unbranched alkanes of at least 4 members (excludes halogenated alkanes) is 35. The van der Waals surface area contributed by atoms with Crippen LogP contribution >= 0.6 is 0 Å². The SMILES string of the molecule is CC/C=C\C/C=C\C/C=C\C/C=C\C/C=C\C/C=C\C/C=C\C/C=C\CCCCCCCCCCCCCCC(=O)NC(CO)C(O)/C=C/CC/C=C/CC/C=C/CCCCCCCCCCCCCCCCCCCCCCC. The molecule has 0 bridgehead atoms. The maximum absolute atomic E-state index is 12.5. The quantitative estimate of drug-likeness (QED) is 0.0420. The summed E-state index contributed by atoms with van der Waals surface area (Å²) in [5.74, 6) is -0.0824. The summed E-state index contributed by atoms with van der Waals surface area (Å²) in [5, 5.41) is 23.2. The van der Waals surface area contributed by atoms with Gasteiger partial charge in [-0.3, -0.25) is 4.79 Å². The van der Waals surface area contributed by atoms with E-state index in [0.29, 0.717) is 6.42 Å². The molecule has 0 heterocycles. The average molecular weight is 1110 g/mol. The highest BCUT2D eigenvalue weighted by atomic mass is 16.3. The van der Waals surface area contributed by atoms with Crippen molar-refractivity contribution in [1.29, 1.82) is 0 Å². The van der Waals surface area contributed by atoms with Crippen molar-refractivity contribution in [2.75, 3.05) is 6.61 Å². The topological polar surface area (TPSA) is 69.6 Å². The Bertz CT molecular complexity index is 1590. The van der Waals surface area contributed by atoms with Crippen molar-refractivity contribution in [3.8, 4) is 0 Å². The number of carbonyl (C=O) groups excluding carboxylic acids is 1. The number of nitrogens with one attached hydrogen (secondary N) is 1. The summed E-state index contributed by atoms with van der Waals surface area (Å²) >= 11 is 0. The summed E-state index contributed by atoms with van der Waals surface area (Å²) in [7, 11) is 0. The normalized spacial score (nSPS) is 13.6. The van der Waals surface area contributed by atoms with Crippen molar-refractivity contribution in [2.45, 2.75) is 334 Å². The number of amides is 1. The molecule has 0 saturated carbocycles. The van der Waals surface area contributed by atoms with Crippen LogP contribution in [-0.2, 0) is 4.79 Å². The lowest BCUT2D eigenvalue weighted by molar-refractivity contribution is -0.123. The molecule has 2 atom stereocenters. The van der Waals surface area contributed by atoms with Gasteiger partial charge in [0.05, 0.1) is 18.8 Å². The van der Waals surface area contributed by atoms with Gasteiger partial charge in [0.1, 0.15) is 0 Å². The molecule has 80 heavy (non-hydrogen) atoms. The number of rotatable bonds is 62. The Kier molecular flexibility index (Phi) is 66.8. The van der Waals surface area contributed by atoms with Gasteiger partial charge in [-0.2, -0.15) is 0 Å². The maximum Gasteiger partial charge on any atom is 0.220 e. The lowest BCUT2D eigenvalue weighted by Gasteiger charge is -2.19. The van der Waals surface area contributed by atoms with E-state index in [1.807, 2.05) is 6.08 Å². The van der Waals surface area contributed by atoms with Crippen LogP contribution in [0.5, 0.6) is 0 Å². The van der Waals surface area contributed by atoms with Crippen LogP contribution in [-0.4, -0.2) is 34.9 Å². The maximum atomic E-state index is 12.5. The molecule has 0 aromatic heterocycles. The fourth-order valence-corrected chi connectivity index (χ4v) is 9.94. The number of aliphatic hydroxyl groups is 2. The standard InChI is InChI=1S/C76H131NO3/c1-3-5-7-9-11-13-15-17-19-21-23-25-27-29-31-33-35-36-37-38-39-40-42-44-46-48-50-52-54-56-58-60-62-64-66-68-70-72-76(80)77-74(73-78)75(79)71-69-67-65-63-61-59-57-55-53-51-49-47-45-43-41-34-32-30-28-26-24-22-20-18-16-14-12-10-8-6-4-2/h5,7,11,13,17,19,23,25,29,31,35-36,38-39,42,44,53,55,61,63,69,71,74-75,78-79H,3-4,6,8-10,12,14-16,18,20-22,24,26-28,30,32-34,37,40-41,43,45-52,54,56-60,62,64-68,70,72-73H2,1-2H3,(H,77,80)/b7-5-,13-11-,19-17-,25-23-,31-29-,36-35-,39-38-,44-42-,55-53+,63-61+,71-69+.